The molecule has 2 rings (SSSR count). The van der Waals surface area contributed by atoms with Crippen molar-refractivity contribution in [3.63, 3.8) is 0 Å². The van der Waals surface area contributed by atoms with E-state index in [2.05, 4.69) is 10.2 Å². The highest BCUT2D eigenvalue weighted by Gasteiger charge is 2.33. The van der Waals surface area contributed by atoms with Gasteiger partial charge >= 0.3 is 5.97 Å². The van der Waals surface area contributed by atoms with E-state index in [1.54, 1.807) is 11.8 Å². The van der Waals surface area contributed by atoms with Gasteiger partial charge in [0.05, 0.1) is 0 Å². The smallest absolute Gasteiger partial charge is 0.319 e. The molecule has 1 fully saturated rings. The fourth-order valence-electron chi connectivity index (χ4n) is 1.27. The zero-order chi connectivity index (χ0) is 10.8. The summed E-state index contributed by atoms with van der Waals surface area (Å²) in [6.45, 7) is 1.91. The number of nitrogens with zero attached hydrogens (tertiary/aromatic N) is 2. The maximum Gasteiger partial charge on any atom is 0.319 e. The van der Waals surface area contributed by atoms with Gasteiger partial charge in [-0.1, -0.05) is 34.9 Å². The van der Waals surface area contributed by atoms with Crippen molar-refractivity contribution in [2.45, 2.75) is 33.4 Å². The standard InChI is InChI=1S/C8H10N2O2S3/c1-4-3-5(6(11)12-4)14-8-10-9-7(13-2)15-8/h4-5H,3H2,1-2H3/t4-,5+/m1/s1. The van der Waals surface area contributed by atoms with E-state index in [1.807, 2.05) is 13.2 Å². The van der Waals surface area contributed by atoms with Crippen LogP contribution in [0.4, 0.5) is 0 Å². The molecule has 0 saturated carbocycles. The molecule has 1 saturated heterocycles. The van der Waals surface area contributed by atoms with Gasteiger partial charge in [-0.15, -0.1) is 10.2 Å². The van der Waals surface area contributed by atoms with Crippen molar-refractivity contribution < 1.29 is 9.53 Å². The van der Waals surface area contributed by atoms with Crippen LogP contribution < -0.4 is 0 Å². The molecule has 2 heterocycles. The van der Waals surface area contributed by atoms with Crippen LogP contribution in [0.5, 0.6) is 0 Å². The Morgan fingerprint density at radius 1 is 1.47 bits per heavy atom. The van der Waals surface area contributed by atoms with Crippen molar-refractivity contribution in [2.24, 2.45) is 0 Å². The van der Waals surface area contributed by atoms with Gasteiger partial charge in [0, 0.05) is 6.42 Å². The van der Waals surface area contributed by atoms with Crippen LogP contribution in [0.2, 0.25) is 0 Å². The first-order chi connectivity index (χ1) is 7.19. The van der Waals surface area contributed by atoms with E-state index < -0.39 is 0 Å². The van der Waals surface area contributed by atoms with Gasteiger partial charge in [-0.2, -0.15) is 0 Å². The number of cyclic esters (lactones) is 1. The minimum atomic E-state index is -0.131. The SMILES string of the molecule is CSc1nnc(S[C@H]2C[C@@H](C)OC2=O)s1. The third kappa shape index (κ3) is 2.64. The van der Waals surface area contributed by atoms with Crippen molar-refractivity contribution in [1.82, 2.24) is 10.2 Å². The molecule has 1 aliphatic heterocycles. The third-order valence-corrected chi connectivity index (χ3v) is 5.12. The van der Waals surface area contributed by atoms with Crippen LogP contribution in [-0.2, 0) is 9.53 Å². The van der Waals surface area contributed by atoms with E-state index in [0.29, 0.717) is 0 Å². The lowest BCUT2D eigenvalue weighted by Crippen LogP contribution is -2.08. The molecule has 2 atom stereocenters. The van der Waals surface area contributed by atoms with Gasteiger partial charge in [0.2, 0.25) is 0 Å². The van der Waals surface area contributed by atoms with Crippen LogP contribution >= 0.6 is 34.9 Å². The first kappa shape index (κ1) is 11.2. The Labute approximate surface area is 100 Å². The van der Waals surface area contributed by atoms with Crippen LogP contribution in [0.1, 0.15) is 13.3 Å². The second-order valence-corrected chi connectivity index (χ2v) is 6.61. The first-order valence-electron chi connectivity index (χ1n) is 4.43. The fraction of sp³-hybridized carbons (Fsp3) is 0.625. The van der Waals surface area contributed by atoms with Crippen molar-refractivity contribution in [2.75, 3.05) is 6.26 Å². The average Bonchev–Trinajstić information content (AvgIpc) is 2.75. The average molecular weight is 262 g/mol. The molecule has 0 aliphatic carbocycles. The minimum absolute atomic E-state index is 0.0305. The van der Waals surface area contributed by atoms with Crippen LogP contribution in [0, 0.1) is 0 Å². The molecule has 82 valence electrons. The highest BCUT2D eigenvalue weighted by Crippen LogP contribution is 2.35. The molecule has 0 N–H and O–H groups in total. The maximum atomic E-state index is 11.4. The predicted octanol–water partition coefficient (Wildman–Crippen LogP) is 2.06. The fourth-order valence-corrected chi connectivity index (χ4v) is 4.06. The van der Waals surface area contributed by atoms with Crippen LogP contribution in [-0.4, -0.2) is 33.8 Å². The zero-order valence-electron chi connectivity index (χ0n) is 8.30. The molecule has 0 bridgehead atoms. The Morgan fingerprint density at radius 2 is 2.20 bits per heavy atom. The number of thioether (sulfide) groups is 2. The van der Waals surface area contributed by atoms with E-state index in [-0.39, 0.29) is 17.3 Å². The van der Waals surface area contributed by atoms with Gasteiger partial charge in [0.25, 0.3) is 0 Å². The Hall–Kier alpha value is -0.270. The topological polar surface area (TPSA) is 52.1 Å². The number of ether oxygens (including phenoxy) is 1. The molecule has 1 aromatic rings. The number of esters is 1. The number of hydrogen-bond donors (Lipinski definition) is 0. The lowest BCUT2D eigenvalue weighted by atomic mass is 10.3. The van der Waals surface area contributed by atoms with Gasteiger partial charge in [-0.3, -0.25) is 4.79 Å². The quantitative estimate of drug-likeness (QED) is 0.614. The van der Waals surface area contributed by atoms with E-state index >= 15 is 0 Å². The third-order valence-electron chi connectivity index (χ3n) is 1.93. The Morgan fingerprint density at radius 3 is 2.73 bits per heavy atom. The molecule has 0 radical (unpaired) electrons. The number of carbonyl (C=O) groups excluding carboxylic acids is 1. The van der Waals surface area contributed by atoms with Gasteiger partial charge in [-0.25, -0.2) is 0 Å². The van der Waals surface area contributed by atoms with Crippen molar-refractivity contribution in [3.05, 3.63) is 0 Å². The Balaban J connectivity index is 1.99. The molecule has 1 aliphatic rings. The summed E-state index contributed by atoms with van der Waals surface area (Å²) in [6, 6.07) is 0. The summed E-state index contributed by atoms with van der Waals surface area (Å²) in [7, 11) is 0. The summed E-state index contributed by atoms with van der Waals surface area (Å²) in [5.74, 6) is -0.131. The summed E-state index contributed by atoms with van der Waals surface area (Å²) < 4.78 is 6.84. The van der Waals surface area contributed by atoms with E-state index in [0.717, 1.165) is 15.1 Å². The first-order valence-corrected chi connectivity index (χ1v) is 7.36. The second-order valence-electron chi connectivity index (χ2n) is 3.13. The molecule has 0 aromatic carbocycles. The molecule has 0 amide bonds. The van der Waals surface area contributed by atoms with Gasteiger partial charge < -0.3 is 4.74 Å². The number of rotatable bonds is 3. The molecule has 0 spiro atoms. The highest BCUT2D eigenvalue weighted by molar-refractivity contribution is 8.03. The largest absolute Gasteiger partial charge is 0.462 e. The summed E-state index contributed by atoms with van der Waals surface area (Å²) in [5, 5.41) is 7.88. The summed E-state index contributed by atoms with van der Waals surface area (Å²) in [5.41, 5.74) is 0. The molecule has 7 heteroatoms. The van der Waals surface area contributed by atoms with Gasteiger partial charge in [0.15, 0.2) is 8.68 Å². The highest BCUT2D eigenvalue weighted by atomic mass is 32.2. The van der Waals surface area contributed by atoms with Crippen molar-refractivity contribution in [3.8, 4) is 0 Å². The van der Waals surface area contributed by atoms with Crippen molar-refractivity contribution in [1.29, 1.82) is 0 Å². The number of hydrogen-bond acceptors (Lipinski definition) is 7. The molecular formula is C8H10N2O2S3. The molecule has 15 heavy (non-hydrogen) atoms. The lowest BCUT2D eigenvalue weighted by molar-refractivity contribution is -0.140. The van der Waals surface area contributed by atoms with Crippen LogP contribution in [0.15, 0.2) is 8.68 Å². The lowest BCUT2D eigenvalue weighted by Gasteiger charge is -1.99. The van der Waals surface area contributed by atoms with Crippen LogP contribution in [0.25, 0.3) is 0 Å². The van der Waals surface area contributed by atoms with E-state index in [9.17, 15) is 4.79 Å². The predicted molar refractivity (Wildman–Crippen MR) is 61.5 cm³/mol. The number of carbonyl (C=O) groups is 1. The second kappa shape index (κ2) is 4.71. The van der Waals surface area contributed by atoms with Crippen LogP contribution in [0.3, 0.4) is 0 Å². The van der Waals surface area contributed by atoms with Crippen molar-refractivity contribution >= 4 is 40.8 Å². The molecular weight excluding hydrogens is 252 g/mol. The number of aromatic nitrogens is 2. The monoisotopic (exact) mass is 262 g/mol. The normalized spacial score (nSPS) is 25.6. The van der Waals surface area contributed by atoms with Gasteiger partial charge in [-0.05, 0) is 13.2 Å². The molecule has 1 aromatic heterocycles. The van der Waals surface area contributed by atoms with E-state index in [1.165, 1.54) is 23.1 Å². The maximum absolute atomic E-state index is 11.4. The molecule has 0 unspecified atom stereocenters. The summed E-state index contributed by atoms with van der Waals surface area (Å²) in [4.78, 5) is 11.4. The minimum Gasteiger partial charge on any atom is -0.462 e. The molecule has 4 nitrogen and oxygen atoms in total. The Kier molecular flexibility index (Phi) is 3.53. The van der Waals surface area contributed by atoms with E-state index in [4.69, 9.17) is 4.74 Å². The Bertz CT molecular complexity index is 369. The van der Waals surface area contributed by atoms with Gasteiger partial charge in [0.1, 0.15) is 11.4 Å². The summed E-state index contributed by atoms with van der Waals surface area (Å²) in [6.07, 6.45) is 2.75. The zero-order valence-corrected chi connectivity index (χ0v) is 10.7. The summed E-state index contributed by atoms with van der Waals surface area (Å²) >= 11 is 4.54.